The highest BCUT2D eigenvalue weighted by Crippen LogP contribution is 2.38. The number of hydrogen-bond acceptors (Lipinski definition) is 3. The third-order valence-corrected chi connectivity index (χ3v) is 5.73. The first kappa shape index (κ1) is 13.5. The summed E-state index contributed by atoms with van der Waals surface area (Å²) in [5.74, 6) is 1.95. The van der Waals surface area contributed by atoms with Gasteiger partial charge in [0.15, 0.2) is 0 Å². The quantitative estimate of drug-likeness (QED) is 0.890. The van der Waals surface area contributed by atoms with Gasteiger partial charge < -0.3 is 5.32 Å². The molecule has 2 atom stereocenters. The Morgan fingerprint density at radius 1 is 1.32 bits per heavy atom. The van der Waals surface area contributed by atoms with Crippen molar-refractivity contribution in [1.82, 2.24) is 10.2 Å². The van der Waals surface area contributed by atoms with Crippen LogP contribution in [0, 0.1) is 0 Å². The van der Waals surface area contributed by atoms with Crippen molar-refractivity contribution in [3.05, 3.63) is 29.8 Å². The molecule has 1 aromatic carbocycles. The van der Waals surface area contributed by atoms with E-state index in [1.807, 2.05) is 11.8 Å². The molecule has 0 bridgehead atoms. The molecule has 1 aromatic rings. The summed E-state index contributed by atoms with van der Waals surface area (Å²) in [5, 5.41) is 3.72. The molecule has 2 unspecified atom stereocenters. The molecule has 2 nitrogen and oxygen atoms in total. The van der Waals surface area contributed by atoms with E-state index in [9.17, 15) is 0 Å². The number of rotatable bonds is 5. The Morgan fingerprint density at radius 3 is 3.11 bits per heavy atom. The lowest BCUT2D eigenvalue weighted by atomic mass is 10.0. The fraction of sp³-hybridized carbons (Fsp3) is 0.625. The van der Waals surface area contributed by atoms with Crippen LogP contribution in [0.4, 0.5) is 0 Å². The summed E-state index contributed by atoms with van der Waals surface area (Å²) in [5.41, 5.74) is 1.55. The SMILES string of the molecule is CCN1CCCC1CNCC1CSc2ccccc21. The molecule has 1 saturated heterocycles. The summed E-state index contributed by atoms with van der Waals surface area (Å²) in [7, 11) is 0. The molecule has 2 aliphatic heterocycles. The van der Waals surface area contributed by atoms with E-state index < -0.39 is 0 Å². The molecule has 0 amide bonds. The van der Waals surface area contributed by atoms with E-state index >= 15 is 0 Å². The monoisotopic (exact) mass is 276 g/mol. The first-order valence-electron chi connectivity index (χ1n) is 7.55. The maximum Gasteiger partial charge on any atom is 0.0221 e. The van der Waals surface area contributed by atoms with Crippen molar-refractivity contribution in [2.75, 3.05) is 31.9 Å². The van der Waals surface area contributed by atoms with Gasteiger partial charge in [0.2, 0.25) is 0 Å². The molecule has 0 spiro atoms. The summed E-state index contributed by atoms with van der Waals surface area (Å²) >= 11 is 2.01. The second-order valence-electron chi connectivity index (χ2n) is 5.63. The third-order valence-electron chi connectivity index (χ3n) is 4.47. The van der Waals surface area contributed by atoms with E-state index in [0.29, 0.717) is 5.92 Å². The minimum atomic E-state index is 0.706. The van der Waals surface area contributed by atoms with E-state index in [4.69, 9.17) is 0 Å². The zero-order valence-electron chi connectivity index (χ0n) is 11.8. The van der Waals surface area contributed by atoms with Gasteiger partial charge in [-0.1, -0.05) is 25.1 Å². The lowest BCUT2D eigenvalue weighted by Gasteiger charge is -2.23. The predicted molar refractivity (Wildman–Crippen MR) is 83.0 cm³/mol. The third kappa shape index (κ3) is 2.99. The summed E-state index contributed by atoms with van der Waals surface area (Å²) in [6, 6.07) is 9.66. The number of nitrogens with one attached hydrogen (secondary N) is 1. The van der Waals surface area contributed by atoms with Crippen LogP contribution in [0.15, 0.2) is 29.2 Å². The van der Waals surface area contributed by atoms with Crippen molar-refractivity contribution < 1.29 is 0 Å². The molecule has 0 aliphatic carbocycles. The Hall–Kier alpha value is -0.510. The van der Waals surface area contributed by atoms with Crippen LogP contribution in [0.25, 0.3) is 0 Å². The van der Waals surface area contributed by atoms with Crippen LogP contribution < -0.4 is 5.32 Å². The van der Waals surface area contributed by atoms with Crippen LogP contribution in [0.5, 0.6) is 0 Å². The van der Waals surface area contributed by atoms with Gasteiger partial charge in [0.05, 0.1) is 0 Å². The Labute approximate surface area is 121 Å². The molecule has 1 fully saturated rings. The zero-order chi connectivity index (χ0) is 13.1. The molecule has 0 aromatic heterocycles. The van der Waals surface area contributed by atoms with E-state index in [2.05, 4.69) is 41.4 Å². The first-order valence-corrected chi connectivity index (χ1v) is 8.53. The molecule has 0 saturated carbocycles. The van der Waals surface area contributed by atoms with Crippen molar-refractivity contribution in [2.45, 2.75) is 36.6 Å². The lowest BCUT2D eigenvalue weighted by molar-refractivity contribution is 0.259. The molecule has 0 radical (unpaired) electrons. The maximum atomic E-state index is 3.72. The average Bonchev–Trinajstić information content (AvgIpc) is 3.06. The number of nitrogens with zero attached hydrogens (tertiary/aromatic N) is 1. The molecule has 3 rings (SSSR count). The van der Waals surface area contributed by atoms with Gasteiger partial charge >= 0.3 is 0 Å². The van der Waals surface area contributed by atoms with Crippen LogP contribution in [-0.4, -0.2) is 42.9 Å². The molecule has 19 heavy (non-hydrogen) atoms. The van der Waals surface area contributed by atoms with Crippen LogP contribution in [0.3, 0.4) is 0 Å². The van der Waals surface area contributed by atoms with Crippen LogP contribution in [0.1, 0.15) is 31.2 Å². The fourth-order valence-electron chi connectivity index (χ4n) is 3.37. The molecular formula is C16H24N2S. The van der Waals surface area contributed by atoms with Gasteiger partial charge in [-0.15, -0.1) is 11.8 Å². The number of thioether (sulfide) groups is 1. The van der Waals surface area contributed by atoms with E-state index in [1.165, 1.54) is 36.6 Å². The molecule has 104 valence electrons. The van der Waals surface area contributed by atoms with Crippen molar-refractivity contribution in [3.8, 4) is 0 Å². The van der Waals surface area contributed by atoms with Crippen LogP contribution in [0.2, 0.25) is 0 Å². The maximum absolute atomic E-state index is 3.72. The van der Waals surface area contributed by atoms with E-state index in [0.717, 1.165) is 19.1 Å². The highest BCUT2D eigenvalue weighted by molar-refractivity contribution is 7.99. The Kier molecular flexibility index (Phi) is 4.46. The second kappa shape index (κ2) is 6.29. The number of likely N-dealkylation sites (N-methyl/N-ethyl adjacent to an activating group) is 1. The van der Waals surface area contributed by atoms with Gasteiger partial charge in [0.25, 0.3) is 0 Å². The summed E-state index contributed by atoms with van der Waals surface area (Å²) in [4.78, 5) is 4.11. The smallest absolute Gasteiger partial charge is 0.0221 e. The normalized spacial score (nSPS) is 26.8. The van der Waals surface area contributed by atoms with E-state index in [-0.39, 0.29) is 0 Å². The summed E-state index contributed by atoms with van der Waals surface area (Å²) in [6.45, 7) is 7.08. The van der Waals surface area contributed by atoms with Gasteiger partial charge in [0.1, 0.15) is 0 Å². The first-order chi connectivity index (χ1) is 9.38. The Balaban J connectivity index is 1.49. The Morgan fingerprint density at radius 2 is 2.21 bits per heavy atom. The number of hydrogen-bond donors (Lipinski definition) is 1. The van der Waals surface area contributed by atoms with Gasteiger partial charge in [0, 0.05) is 35.7 Å². The summed E-state index contributed by atoms with van der Waals surface area (Å²) < 4.78 is 0. The van der Waals surface area contributed by atoms with E-state index in [1.54, 1.807) is 5.56 Å². The van der Waals surface area contributed by atoms with Gasteiger partial charge in [-0.25, -0.2) is 0 Å². The van der Waals surface area contributed by atoms with Gasteiger partial charge in [-0.3, -0.25) is 4.90 Å². The standard InChI is InChI=1S/C16H24N2S/c1-2-18-9-5-6-14(18)11-17-10-13-12-19-16-8-4-3-7-15(13)16/h3-4,7-8,13-14,17H,2,5-6,9-12H2,1H3. The highest BCUT2D eigenvalue weighted by atomic mass is 32.2. The average molecular weight is 276 g/mol. The van der Waals surface area contributed by atoms with Crippen LogP contribution in [-0.2, 0) is 0 Å². The van der Waals surface area contributed by atoms with Crippen LogP contribution >= 0.6 is 11.8 Å². The number of likely N-dealkylation sites (tertiary alicyclic amines) is 1. The predicted octanol–water partition coefficient (Wildman–Crippen LogP) is 2.95. The van der Waals surface area contributed by atoms with Gasteiger partial charge in [-0.05, 0) is 37.6 Å². The lowest BCUT2D eigenvalue weighted by Crippen LogP contribution is -2.39. The van der Waals surface area contributed by atoms with Gasteiger partial charge in [-0.2, -0.15) is 0 Å². The topological polar surface area (TPSA) is 15.3 Å². The van der Waals surface area contributed by atoms with Crippen molar-refractivity contribution in [2.24, 2.45) is 0 Å². The number of fused-ring (bicyclic) bond motifs is 1. The van der Waals surface area contributed by atoms with Crippen molar-refractivity contribution in [3.63, 3.8) is 0 Å². The fourth-order valence-corrected chi connectivity index (χ4v) is 4.62. The molecule has 1 N–H and O–H groups in total. The summed E-state index contributed by atoms with van der Waals surface area (Å²) in [6.07, 6.45) is 2.75. The molecule has 2 aliphatic rings. The van der Waals surface area contributed by atoms with Crippen molar-refractivity contribution >= 4 is 11.8 Å². The molecule has 2 heterocycles. The largest absolute Gasteiger partial charge is 0.315 e. The minimum absolute atomic E-state index is 0.706. The van der Waals surface area contributed by atoms with Crippen molar-refractivity contribution in [1.29, 1.82) is 0 Å². The molecule has 3 heteroatoms. The number of benzene rings is 1. The minimum Gasteiger partial charge on any atom is -0.315 e. The Bertz CT molecular complexity index is 421. The highest BCUT2D eigenvalue weighted by Gasteiger charge is 2.25. The zero-order valence-corrected chi connectivity index (χ0v) is 12.6. The second-order valence-corrected chi connectivity index (χ2v) is 6.69. The molecular weight excluding hydrogens is 252 g/mol.